The van der Waals surface area contributed by atoms with Gasteiger partial charge in [0, 0.05) is 30.2 Å². The van der Waals surface area contributed by atoms with Gasteiger partial charge in [0.2, 0.25) is 11.8 Å². The van der Waals surface area contributed by atoms with E-state index in [0.717, 1.165) is 10.8 Å². The third-order valence-corrected chi connectivity index (χ3v) is 5.31. The second kappa shape index (κ2) is 6.36. The normalized spacial score (nSPS) is 14.8. The second-order valence-corrected chi connectivity index (χ2v) is 7.07. The van der Waals surface area contributed by atoms with Gasteiger partial charge in [-0.15, -0.1) is 0 Å². The first-order chi connectivity index (χ1) is 14.1. The Morgan fingerprint density at radius 1 is 1.28 bits per heavy atom. The molecule has 0 bridgehead atoms. The van der Waals surface area contributed by atoms with Crippen molar-refractivity contribution in [1.82, 2.24) is 30.1 Å². The van der Waals surface area contributed by atoms with E-state index < -0.39 is 5.41 Å². The molecule has 0 atom stereocenters. The molecule has 1 amide bonds. The number of carbonyl (C=O) groups is 1. The van der Waals surface area contributed by atoms with E-state index in [4.69, 9.17) is 10.2 Å². The maximum atomic E-state index is 12.0. The molecule has 0 aromatic carbocycles. The van der Waals surface area contributed by atoms with Crippen LogP contribution in [0.3, 0.4) is 0 Å². The number of nitrogens with zero attached hydrogens (tertiary/aromatic N) is 5. The zero-order valence-electron chi connectivity index (χ0n) is 15.6. The molecule has 0 spiro atoms. The van der Waals surface area contributed by atoms with Crippen LogP contribution in [0.2, 0.25) is 0 Å². The Bertz CT molecular complexity index is 1210. The number of carbonyl (C=O) groups excluding carboxylic acids is 1. The Morgan fingerprint density at radius 2 is 2.14 bits per heavy atom. The van der Waals surface area contributed by atoms with Crippen LogP contribution in [-0.4, -0.2) is 43.1 Å². The first-order valence-electron chi connectivity index (χ1n) is 9.17. The predicted octanol–water partition coefficient (Wildman–Crippen LogP) is 1.55. The lowest BCUT2D eigenvalue weighted by Gasteiger charge is -2.13. The van der Waals surface area contributed by atoms with Gasteiger partial charge in [0.1, 0.15) is 18.4 Å². The number of fused-ring (bicyclic) bond motifs is 1. The minimum absolute atomic E-state index is 0.348. The van der Waals surface area contributed by atoms with E-state index >= 15 is 0 Å². The quantitative estimate of drug-likeness (QED) is 0.449. The van der Waals surface area contributed by atoms with Crippen LogP contribution in [0.25, 0.3) is 22.2 Å². The molecule has 0 unspecified atom stereocenters. The van der Waals surface area contributed by atoms with Crippen molar-refractivity contribution < 1.29 is 9.21 Å². The van der Waals surface area contributed by atoms with Gasteiger partial charge < -0.3 is 15.5 Å². The molecule has 10 heteroatoms. The summed E-state index contributed by atoms with van der Waals surface area (Å²) < 4.78 is 5.72. The highest BCUT2D eigenvalue weighted by Gasteiger charge is 2.51. The SMILES string of the molecule is CNc1ncc(-c2nc(Cc3nc[nH]n3)co2)c2cc(C3(C(N)=O)CC3)ncc12. The molecule has 4 N–H and O–H groups in total. The van der Waals surface area contributed by atoms with E-state index in [1.165, 1.54) is 6.33 Å². The van der Waals surface area contributed by atoms with Crippen LogP contribution < -0.4 is 11.1 Å². The average Bonchev–Trinajstić information content (AvgIpc) is 3.16. The van der Waals surface area contributed by atoms with Crippen molar-refractivity contribution in [2.24, 2.45) is 5.73 Å². The fourth-order valence-corrected chi connectivity index (χ4v) is 3.51. The van der Waals surface area contributed by atoms with Gasteiger partial charge in [0.05, 0.1) is 28.8 Å². The number of rotatable bonds is 6. The molecular formula is C19H18N8O2. The number of primary amides is 1. The van der Waals surface area contributed by atoms with Crippen LogP contribution in [0.1, 0.15) is 30.1 Å². The third kappa shape index (κ3) is 2.80. The number of nitrogens with two attached hydrogens (primary N) is 1. The summed E-state index contributed by atoms with van der Waals surface area (Å²) in [5.41, 5.74) is 7.04. The number of oxazole rings is 1. The zero-order valence-corrected chi connectivity index (χ0v) is 15.6. The molecule has 4 aromatic heterocycles. The maximum Gasteiger partial charge on any atom is 0.229 e. The molecule has 10 nitrogen and oxygen atoms in total. The Kier molecular flexibility index (Phi) is 3.79. The summed E-state index contributed by atoms with van der Waals surface area (Å²) in [6, 6.07) is 1.89. The van der Waals surface area contributed by atoms with Crippen LogP contribution in [0, 0.1) is 0 Å². The fraction of sp³-hybridized carbons (Fsp3) is 0.263. The molecule has 1 aliphatic rings. The average molecular weight is 390 g/mol. The minimum Gasteiger partial charge on any atom is -0.444 e. The summed E-state index contributed by atoms with van der Waals surface area (Å²) >= 11 is 0. The number of anilines is 1. The molecule has 1 fully saturated rings. The number of aromatic amines is 1. The van der Waals surface area contributed by atoms with Crippen LogP contribution in [0.5, 0.6) is 0 Å². The lowest BCUT2D eigenvalue weighted by molar-refractivity contribution is -0.120. The fourth-order valence-electron chi connectivity index (χ4n) is 3.51. The monoisotopic (exact) mass is 390 g/mol. The summed E-state index contributed by atoms with van der Waals surface area (Å²) in [5.74, 6) is 1.39. The Hall–Kier alpha value is -3.82. The summed E-state index contributed by atoms with van der Waals surface area (Å²) in [4.78, 5) is 29.6. The summed E-state index contributed by atoms with van der Waals surface area (Å²) in [5, 5.41) is 11.4. The van der Waals surface area contributed by atoms with E-state index in [9.17, 15) is 4.79 Å². The van der Waals surface area contributed by atoms with E-state index in [1.807, 2.05) is 6.07 Å². The Morgan fingerprint density at radius 3 is 2.83 bits per heavy atom. The molecule has 1 saturated carbocycles. The Balaban J connectivity index is 1.61. The van der Waals surface area contributed by atoms with Crippen molar-refractivity contribution in [3.63, 3.8) is 0 Å². The number of nitrogens with one attached hydrogen (secondary N) is 2. The van der Waals surface area contributed by atoms with Crippen molar-refractivity contribution in [2.45, 2.75) is 24.7 Å². The van der Waals surface area contributed by atoms with Gasteiger partial charge in [-0.3, -0.25) is 14.9 Å². The number of amides is 1. The van der Waals surface area contributed by atoms with Crippen molar-refractivity contribution in [2.75, 3.05) is 12.4 Å². The van der Waals surface area contributed by atoms with Gasteiger partial charge >= 0.3 is 0 Å². The first kappa shape index (κ1) is 17.3. The summed E-state index contributed by atoms with van der Waals surface area (Å²) in [7, 11) is 1.79. The summed E-state index contributed by atoms with van der Waals surface area (Å²) in [6.07, 6.45) is 8.38. The van der Waals surface area contributed by atoms with Gasteiger partial charge in [0.15, 0.2) is 5.82 Å². The molecule has 0 radical (unpaired) electrons. The molecule has 146 valence electrons. The third-order valence-electron chi connectivity index (χ3n) is 5.31. The lowest BCUT2D eigenvalue weighted by Crippen LogP contribution is -2.29. The van der Waals surface area contributed by atoms with E-state index in [0.29, 0.717) is 53.7 Å². The number of hydrogen-bond donors (Lipinski definition) is 3. The molecule has 1 aliphatic carbocycles. The van der Waals surface area contributed by atoms with Crippen molar-refractivity contribution in [1.29, 1.82) is 0 Å². The smallest absolute Gasteiger partial charge is 0.229 e. The highest BCUT2D eigenvalue weighted by Crippen LogP contribution is 2.48. The van der Waals surface area contributed by atoms with Crippen LogP contribution in [0.15, 0.2) is 35.5 Å². The highest BCUT2D eigenvalue weighted by atomic mass is 16.3. The van der Waals surface area contributed by atoms with Crippen LogP contribution >= 0.6 is 0 Å². The van der Waals surface area contributed by atoms with E-state index in [-0.39, 0.29) is 5.91 Å². The molecule has 5 rings (SSSR count). The van der Waals surface area contributed by atoms with Crippen molar-refractivity contribution in [3.05, 3.63) is 48.3 Å². The van der Waals surface area contributed by atoms with Gasteiger partial charge in [-0.25, -0.2) is 15.0 Å². The number of H-pyrrole nitrogens is 1. The minimum atomic E-state index is -0.679. The molecule has 4 aromatic rings. The van der Waals surface area contributed by atoms with Gasteiger partial charge in [0.25, 0.3) is 0 Å². The van der Waals surface area contributed by atoms with E-state index in [2.05, 4.69) is 35.5 Å². The number of aromatic nitrogens is 6. The number of pyridine rings is 2. The van der Waals surface area contributed by atoms with E-state index in [1.54, 1.807) is 25.7 Å². The zero-order chi connectivity index (χ0) is 20.0. The van der Waals surface area contributed by atoms with Gasteiger partial charge in [-0.1, -0.05) is 0 Å². The largest absolute Gasteiger partial charge is 0.444 e. The topological polar surface area (TPSA) is 148 Å². The Labute approximate surface area is 165 Å². The highest BCUT2D eigenvalue weighted by molar-refractivity contribution is 6.01. The molecule has 29 heavy (non-hydrogen) atoms. The van der Waals surface area contributed by atoms with Crippen LogP contribution in [-0.2, 0) is 16.6 Å². The maximum absolute atomic E-state index is 12.0. The molecule has 0 saturated heterocycles. The van der Waals surface area contributed by atoms with Crippen molar-refractivity contribution in [3.8, 4) is 11.5 Å². The number of hydrogen-bond acceptors (Lipinski definition) is 8. The van der Waals surface area contributed by atoms with Crippen molar-refractivity contribution >= 4 is 22.5 Å². The first-order valence-corrected chi connectivity index (χ1v) is 9.17. The molecular weight excluding hydrogens is 372 g/mol. The van der Waals surface area contributed by atoms with Gasteiger partial charge in [-0.05, 0) is 18.9 Å². The lowest BCUT2D eigenvalue weighted by atomic mass is 9.98. The van der Waals surface area contributed by atoms with Gasteiger partial charge in [-0.2, -0.15) is 5.10 Å². The summed E-state index contributed by atoms with van der Waals surface area (Å²) in [6.45, 7) is 0. The predicted molar refractivity (Wildman–Crippen MR) is 104 cm³/mol. The standard InChI is InChI=1S/C19H18N8O2/c1-21-16-12-6-22-14(19(2-3-19)18(20)28)5-11(12)13(7-23-16)17-26-10(8-29-17)4-15-24-9-25-27-15/h5-9H,2-4H2,1H3,(H2,20,28)(H,21,23)(H,24,25,27). The molecule has 0 aliphatic heterocycles. The second-order valence-electron chi connectivity index (χ2n) is 7.07. The van der Waals surface area contributed by atoms with Crippen LogP contribution in [0.4, 0.5) is 5.82 Å². The molecule has 4 heterocycles.